The van der Waals surface area contributed by atoms with Crippen LogP contribution in [0.2, 0.25) is 0 Å². The van der Waals surface area contributed by atoms with Crippen molar-refractivity contribution in [3.8, 4) is 0 Å². The molecule has 0 saturated carbocycles. The van der Waals surface area contributed by atoms with E-state index in [1.807, 2.05) is 39.5 Å². The molecule has 174 valence electrons. The Morgan fingerprint density at radius 1 is 1.27 bits per heavy atom. The lowest BCUT2D eigenvalue weighted by Crippen LogP contribution is -2.43. The molecule has 0 aromatic carbocycles. The van der Waals surface area contributed by atoms with E-state index in [4.69, 9.17) is 4.74 Å². The monoisotopic (exact) mass is 536 g/mol. The summed E-state index contributed by atoms with van der Waals surface area (Å²) in [5.41, 5.74) is 1.83. The van der Waals surface area contributed by atoms with Crippen LogP contribution in [0.25, 0.3) is 0 Å². The molecule has 0 spiro atoms. The Balaban J connectivity index is 0.00000841. The summed E-state index contributed by atoms with van der Waals surface area (Å²) in [5, 5.41) is 7.98. The highest BCUT2D eigenvalue weighted by Crippen LogP contribution is 2.18. The normalized spacial score (nSPS) is 13.0. The van der Waals surface area contributed by atoms with Crippen LogP contribution in [-0.4, -0.2) is 71.5 Å². The van der Waals surface area contributed by atoms with E-state index >= 15 is 0 Å². The minimum atomic E-state index is -0.487. The Labute approximate surface area is 199 Å². The van der Waals surface area contributed by atoms with Crippen LogP contribution in [0.15, 0.2) is 11.2 Å². The Morgan fingerprint density at radius 2 is 1.87 bits per heavy atom. The number of carbonyl (C=O) groups excluding carboxylic acids is 1. The summed E-state index contributed by atoms with van der Waals surface area (Å²) < 4.78 is 7.28. The van der Waals surface area contributed by atoms with Gasteiger partial charge in [0, 0.05) is 59.6 Å². The highest BCUT2D eigenvalue weighted by atomic mass is 127. The molecule has 0 fully saturated rings. The first-order valence-electron chi connectivity index (χ1n) is 10.2. The zero-order valence-corrected chi connectivity index (χ0v) is 22.6. The third kappa shape index (κ3) is 9.53. The molecule has 1 amide bonds. The number of hydrogen-bond acceptors (Lipinski definition) is 4. The van der Waals surface area contributed by atoms with Gasteiger partial charge in [0.1, 0.15) is 5.60 Å². The Morgan fingerprint density at radius 3 is 2.37 bits per heavy atom. The highest BCUT2D eigenvalue weighted by Gasteiger charge is 2.21. The van der Waals surface area contributed by atoms with E-state index in [1.54, 1.807) is 19.0 Å². The number of nitrogens with zero attached hydrogens (tertiary/aromatic N) is 5. The van der Waals surface area contributed by atoms with Gasteiger partial charge in [-0.3, -0.25) is 9.67 Å². The molecule has 0 aliphatic rings. The van der Waals surface area contributed by atoms with Crippen molar-refractivity contribution in [3.63, 3.8) is 0 Å². The van der Waals surface area contributed by atoms with Gasteiger partial charge in [-0.15, -0.1) is 24.0 Å². The molecule has 8 nitrogen and oxygen atoms in total. The maximum absolute atomic E-state index is 12.1. The van der Waals surface area contributed by atoms with Crippen LogP contribution in [0.1, 0.15) is 58.7 Å². The van der Waals surface area contributed by atoms with Crippen LogP contribution in [0, 0.1) is 5.92 Å². The Hall–Kier alpha value is -1.52. The minimum Gasteiger partial charge on any atom is -0.444 e. The molecule has 1 atom stereocenters. The molecule has 0 bridgehead atoms. The van der Waals surface area contributed by atoms with E-state index in [1.165, 1.54) is 5.56 Å². The van der Waals surface area contributed by atoms with Gasteiger partial charge in [-0.1, -0.05) is 20.8 Å². The first-order valence-corrected chi connectivity index (χ1v) is 10.2. The number of halogens is 1. The van der Waals surface area contributed by atoms with Crippen molar-refractivity contribution in [2.75, 3.05) is 34.2 Å². The molecule has 1 rings (SSSR count). The summed E-state index contributed by atoms with van der Waals surface area (Å²) in [7, 11) is 7.51. The molecular weight excluding hydrogens is 495 g/mol. The summed E-state index contributed by atoms with van der Waals surface area (Å²) in [6.45, 7) is 14.1. The van der Waals surface area contributed by atoms with Crippen molar-refractivity contribution in [2.24, 2.45) is 18.0 Å². The topological polar surface area (TPSA) is 75.0 Å². The van der Waals surface area contributed by atoms with Gasteiger partial charge in [0.25, 0.3) is 0 Å². The molecule has 0 aliphatic carbocycles. The van der Waals surface area contributed by atoms with Crippen molar-refractivity contribution >= 4 is 36.0 Å². The Bertz CT molecular complexity index is 696. The van der Waals surface area contributed by atoms with Gasteiger partial charge in [0.2, 0.25) is 0 Å². The van der Waals surface area contributed by atoms with Gasteiger partial charge in [0.05, 0.1) is 5.69 Å². The minimum absolute atomic E-state index is 0. The second kappa shape index (κ2) is 12.4. The van der Waals surface area contributed by atoms with Crippen LogP contribution in [0.3, 0.4) is 0 Å². The average Bonchev–Trinajstić information content (AvgIpc) is 2.94. The number of aromatic nitrogens is 2. The Kier molecular flexibility index (Phi) is 11.7. The van der Waals surface area contributed by atoms with Gasteiger partial charge >= 0.3 is 6.09 Å². The third-order valence-corrected chi connectivity index (χ3v) is 4.36. The fraction of sp³-hybridized carbons (Fsp3) is 0.762. The first-order chi connectivity index (χ1) is 13.3. The number of amides is 1. The van der Waals surface area contributed by atoms with Crippen molar-refractivity contribution in [2.45, 2.75) is 59.6 Å². The van der Waals surface area contributed by atoms with Crippen molar-refractivity contribution in [1.29, 1.82) is 0 Å². The zero-order valence-electron chi connectivity index (χ0n) is 20.3. The SMILES string of the molecule is CN=C(NCC(C)CN(C)C(=O)OC(C)(C)C)N(C)Cc1cn(C)nc1C(C)C.I. The lowest BCUT2D eigenvalue weighted by Gasteiger charge is -2.27. The van der Waals surface area contributed by atoms with Crippen molar-refractivity contribution in [1.82, 2.24) is 24.9 Å². The molecule has 9 heteroatoms. The number of nitrogens with one attached hydrogen (secondary N) is 1. The molecule has 30 heavy (non-hydrogen) atoms. The molecule has 0 radical (unpaired) electrons. The zero-order chi connectivity index (χ0) is 22.4. The fourth-order valence-electron chi connectivity index (χ4n) is 3.09. The smallest absolute Gasteiger partial charge is 0.410 e. The number of guanidine groups is 1. The van der Waals surface area contributed by atoms with Gasteiger partial charge in [-0.25, -0.2) is 4.79 Å². The summed E-state index contributed by atoms with van der Waals surface area (Å²) in [6, 6.07) is 0. The average molecular weight is 537 g/mol. The number of rotatable bonds is 7. The van der Waals surface area contributed by atoms with Crippen LogP contribution in [0.5, 0.6) is 0 Å². The maximum atomic E-state index is 12.1. The second-order valence-electron chi connectivity index (χ2n) is 9.12. The van der Waals surface area contributed by atoms with Crippen LogP contribution >= 0.6 is 24.0 Å². The molecule has 1 unspecified atom stereocenters. The predicted octanol–water partition coefficient (Wildman–Crippen LogP) is 3.67. The molecule has 1 N–H and O–H groups in total. The quantitative estimate of drug-likeness (QED) is 0.327. The highest BCUT2D eigenvalue weighted by molar-refractivity contribution is 14.0. The van der Waals surface area contributed by atoms with Crippen LogP contribution in [-0.2, 0) is 18.3 Å². The lowest BCUT2D eigenvalue weighted by atomic mass is 10.1. The summed E-state index contributed by atoms with van der Waals surface area (Å²) in [4.78, 5) is 20.2. The van der Waals surface area contributed by atoms with Gasteiger partial charge in [-0.05, 0) is 32.6 Å². The fourth-order valence-corrected chi connectivity index (χ4v) is 3.09. The molecular formula is C21H41IN6O2. The molecule has 1 aromatic rings. The molecule has 1 aromatic heterocycles. The predicted molar refractivity (Wildman–Crippen MR) is 134 cm³/mol. The van der Waals surface area contributed by atoms with E-state index in [2.05, 4.69) is 47.3 Å². The molecule has 0 aliphatic heterocycles. The number of aryl methyl sites for hydroxylation is 1. The van der Waals surface area contributed by atoms with Gasteiger partial charge in [0.15, 0.2) is 5.96 Å². The van der Waals surface area contributed by atoms with E-state index in [9.17, 15) is 4.79 Å². The number of carbonyl (C=O) groups is 1. The van der Waals surface area contributed by atoms with Crippen molar-refractivity contribution < 1.29 is 9.53 Å². The van der Waals surface area contributed by atoms with E-state index in [-0.39, 0.29) is 36.0 Å². The van der Waals surface area contributed by atoms with Gasteiger partial charge in [-0.2, -0.15) is 5.10 Å². The first kappa shape index (κ1) is 28.5. The van der Waals surface area contributed by atoms with Crippen LogP contribution in [0.4, 0.5) is 4.79 Å². The third-order valence-electron chi connectivity index (χ3n) is 4.36. The van der Waals surface area contributed by atoms with E-state index in [0.717, 1.165) is 18.2 Å². The van der Waals surface area contributed by atoms with Crippen molar-refractivity contribution in [3.05, 3.63) is 17.5 Å². The molecule has 1 heterocycles. The standard InChI is InChI=1S/C21H40N6O2.HI/c1-15(2)18-17(14-27(10)24-18)13-25(8)19(22-7)23-11-16(3)12-26(9)20(28)29-21(4,5)6;/h14-16H,11-13H2,1-10H3,(H,22,23);1H. The summed E-state index contributed by atoms with van der Waals surface area (Å²) in [5.74, 6) is 1.43. The molecule has 0 saturated heterocycles. The number of aliphatic imine (C=N–C) groups is 1. The van der Waals surface area contributed by atoms with E-state index in [0.29, 0.717) is 19.0 Å². The summed E-state index contributed by atoms with van der Waals surface area (Å²) in [6.07, 6.45) is 1.76. The van der Waals surface area contributed by atoms with Gasteiger partial charge < -0.3 is 19.9 Å². The largest absolute Gasteiger partial charge is 0.444 e. The maximum Gasteiger partial charge on any atom is 0.410 e. The van der Waals surface area contributed by atoms with Crippen LogP contribution < -0.4 is 5.32 Å². The second-order valence-corrected chi connectivity index (χ2v) is 9.12. The number of ether oxygens (including phenoxy) is 1. The lowest BCUT2D eigenvalue weighted by molar-refractivity contribution is 0.0277. The summed E-state index contributed by atoms with van der Waals surface area (Å²) >= 11 is 0. The number of hydrogen-bond donors (Lipinski definition) is 1. The van der Waals surface area contributed by atoms with E-state index < -0.39 is 5.60 Å².